The van der Waals surface area contributed by atoms with Gasteiger partial charge in [0.1, 0.15) is 0 Å². The molecule has 2 heterocycles. The molecular formula is C26H30ClN5O2S. The zero-order valence-electron chi connectivity index (χ0n) is 20.3. The van der Waals surface area contributed by atoms with Gasteiger partial charge in [-0.2, -0.15) is 0 Å². The molecule has 0 radical (unpaired) electrons. The normalized spacial score (nSPS) is 13.2. The Bertz CT molecular complexity index is 1240. The first-order valence-corrected chi connectivity index (χ1v) is 13.0. The van der Waals surface area contributed by atoms with Crippen molar-refractivity contribution in [2.75, 3.05) is 31.8 Å². The van der Waals surface area contributed by atoms with Crippen LogP contribution in [-0.4, -0.2) is 51.6 Å². The summed E-state index contributed by atoms with van der Waals surface area (Å²) in [5, 5.41) is 3.34. The van der Waals surface area contributed by atoms with Crippen LogP contribution in [0.4, 0.5) is 5.82 Å². The number of fused-ring (bicyclic) bond motifs is 1. The summed E-state index contributed by atoms with van der Waals surface area (Å²) in [6.07, 6.45) is 1.03. The average Bonchev–Trinajstić information content (AvgIpc) is 3.25. The molecule has 1 aliphatic rings. The van der Waals surface area contributed by atoms with Gasteiger partial charge in [-0.1, -0.05) is 47.6 Å². The molecule has 1 aromatic heterocycles. The first-order valence-electron chi connectivity index (χ1n) is 11.7. The molecule has 0 saturated carbocycles. The number of benzene rings is 2. The molecule has 0 unspecified atom stereocenters. The first kappa shape index (κ1) is 25.4. The van der Waals surface area contributed by atoms with E-state index in [0.717, 1.165) is 29.4 Å². The number of nitrogens with one attached hydrogen (secondary N) is 1. The first-order chi connectivity index (χ1) is 16.9. The molecule has 1 N–H and O–H groups in total. The molecule has 0 aliphatic carbocycles. The third-order valence-corrected chi connectivity index (χ3v) is 7.15. The number of hydrazine groups is 1. The van der Waals surface area contributed by atoms with Gasteiger partial charge in [-0.15, -0.1) is 0 Å². The largest absolute Gasteiger partial charge is 0.309 e. The molecule has 3 aromatic rings. The van der Waals surface area contributed by atoms with Gasteiger partial charge in [-0.25, -0.2) is 9.99 Å². The second-order valence-corrected chi connectivity index (χ2v) is 10.3. The van der Waals surface area contributed by atoms with Crippen LogP contribution in [0.3, 0.4) is 0 Å². The maximum Gasteiger partial charge on any atom is 0.260 e. The number of ketones is 1. The average molecular weight is 512 g/mol. The number of halogens is 1. The van der Waals surface area contributed by atoms with Crippen molar-refractivity contribution in [3.05, 3.63) is 86.2 Å². The summed E-state index contributed by atoms with van der Waals surface area (Å²) in [4.78, 5) is 32.8. The molecule has 184 valence electrons. The summed E-state index contributed by atoms with van der Waals surface area (Å²) in [5.41, 5.74) is 6.27. The third-order valence-electron chi connectivity index (χ3n) is 5.83. The highest BCUT2D eigenvalue weighted by Gasteiger charge is 2.26. The minimum absolute atomic E-state index is 0.0199. The van der Waals surface area contributed by atoms with Crippen molar-refractivity contribution in [3.63, 3.8) is 0 Å². The highest BCUT2D eigenvalue weighted by Crippen LogP contribution is 2.26. The number of aromatic nitrogens is 2. The van der Waals surface area contributed by atoms with Gasteiger partial charge in [0.25, 0.3) is 5.56 Å². The number of rotatable bonds is 10. The van der Waals surface area contributed by atoms with Crippen LogP contribution in [-0.2, 0) is 19.6 Å². The summed E-state index contributed by atoms with van der Waals surface area (Å²) in [5.74, 6) is 1.51. The van der Waals surface area contributed by atoms with Gasteiger partial charge in [0.15, 0.2) is 16.8 Å². The Morgan fingerprint density at radius 1 is 1.11 bits per heavy atom. The standard InChI is InChI=1S/C26H30ClN5O2S/c1-4-32-25(34)22-17-31(29-24(22)28-26(32)35-15-5-14-30(2)3)16-18-6-8-19(9-7-18)23(33)20-10-12-21(27)13-11-20/h6-13,29H,4-5,14-17H2,1-3H3. The molecule has 35 heavy (non-hydrogen) atoms. The molecule has 1 aliphatic heterocycles. The molecule has 0 saturated heterocycles. The molecule has 9 heteroatoms. The minimum atomic E-state index is -0.0418. The Balaban J connectivity index is 1.42. The van der Waals surface area contributed by atoms with E-state index in [0.29, 0.717) is 47.2 Å². The SMILES string of the molecule is CCn1c(SCCCN(C)C)nc2c(c1=O)CN(Cc1ccc(C(=O)c3ccc(Cl)cc3)cc1)N2. The van der Waals surface area contributed by atoms with Crippen LogP contribution in [0.1, 0.15) is 40.4 Å². The molecule has 0 bridgehead atoms. The zero-order valence-corrected chi connectivity index (χ0v) is 21.8. The maximum absolute atomic E-state index is 13.1. The lowest BCUT2D eigenvalue weighted by Gasteiger charge is -2.16. The number of hydrogen-bond acceptors (Lipinski definition) is 7. The van der Waals surface area contributed by atoms with Crippen molar-refractivity contribution >= 4 is 35.0 Å². The van der Waals surface area contributed by atoms with Gasteiger partial charge < -0.3 is 10.3 Å². The van der Waals surface area contributed by atoms with E-state index in [-0.39, 0.29) is 11.3 Å². The molecule has 0 amide bonds. The van der Waals surface area contributed by atoms with Gasteiger partial charge in [-0.3, -0.25) is 14.2 Å². The van der Waals surface area contributed by atoms with E-state index in [1.54, 1.807) is 40.6 Å². The Kier molecular flexibility index (Phi) is 8.28. The predicted molar refractivity (Wildman–Crippen MR) is 142 cm³/mol. The molecule has 7 nitrogen and oxygen atoms in total. The molecule has 2 aromatic carbocycles. The van der Waals surface area contributed by atoms with E-state index in [1.165, 1.54) is 0 Å². The van der Waals surface area contributed by atoms with Crippen molar-refractivity contribution in [2.24, 2.45) is 0 Å². The van der Waals surface area contributed by atoms with Crippen LogP contribution in [0.5, 0.6) is 0 Å². The number of carbonyl (C=O) groups excluding carboxylic acids is 1. The Morgan fingerprint density at radius 2 is 1.77 bits per heavy atom. The van der Waals surface area contributed by atoms with Crippen LogP contribution in [0, 0.1) is 0 Å². The van der Waals surface area contributed by atoms with Crippen molar-refractivity contribution in [1.29, 1.82) is 0 Å². The molecular weight excluding hydrogens is 482 g/mol. The number of thioether (sulfide) groups is 1. The summed E-state index contributed by atoms with van der Waals surface area (Å²) >= 11 is 7.55. The van der Waals surface area contributed by atoms with Crippen LogP contribution < -0.4 is 11.0 Å². The van der Waals surface area contributed by atoms with E-state index in [2.05, 4.69) is 24.4 Å². The maximum atomic E-state index is 13.1. The van der Waals surface area contributed by atoms with E-state index in [9.17, 15) is 9.59 Å². The van der Waals surface area contributed by atoms with Gasteiger partial charge in [0.2, 0.25) is 0 Å². The lowest BCUT2D eigenvalue weighted by atomic mass is 10.0. The minimum Gasteiger partial charge on any atom is -0.309 e. The lowest BCUT2D eigenvalue weighted by Crippen LogP contribution is -2.26. The monoisotopic (exact) mass is 511 g/mol. The van der Waals surface area contributed by atoms with Gasteiger partial charge in [0, 0.05) is 35.0 Å². The third kappa shape index (κ3) is 6.13. The summed E-state index contributed by atoms with van der Waals surface area (Å²) < 4.78 is 1.77. The van der Waals surface area contributed by atoms with Crippen LogP contribution in [0.25, 0.3) is 0 Å². The van der Waals surface area contributed by atoms with E-state index in [1.807, 2.05) is 36.2 Å². The summed E-state index contributed by atoms with van der Waals surface area (Å²) in [6, 6.07) is 14.4. The van der Waals surface area contributed by atoms with Gasteiger partial charge >= 0.3 is 0 Å². The fourth-order valence-electron chi connectivity index (χ4n) is 3.97. The zero-order chi connectivity index (χ0) is 24.9. The molecule has 0 atom stereocenters. The second kappa shape index (κ2) is 11.4. The van der Waals surface area contributed by atoms with Gasteiger partial charge in [-0.05, 0) is 63.8 Å². The fourth-order valence-corrected chi connectivity index (χ4v) is 5.07. The summed E-state index contributed by atoms with van der Waals surface area (Å²) in [7, 11) is 4.12. The highest BCUT2D eigenvalue weighted by atomic mass is 35.5. The van der Waals surface area contributed by atoms with Crippen LogP contribution >= 0.6 is 23.4 Å². The van der Waals surface area contributed by atoms with E-state index >= 15 is 0 Å². The predicted octanol–water partition coefficient (Wildman–Crippen LogP) is 4.53. The number of carbonyl (C=O) groups is 1. The Morgan fingerprint density at radius 3 is 2.40 bits per heavy atom. The quantitative estimate of drug-likeness (QED) is 0.185. The highest BCUT2D eigenvalue weighted by molar-refractivity contribution is 7.99. The van der Waals surface area contributed by atoms with Crippen molar-refractivity contribution in [2.45, 2.75) is 38.1 Å². The second-order valence-electron chi connectivity index (χ2n) is 8.78. The van der Waals surface area contributed by atoms with E-state index in [4.69, 9.17) is 16.6 Å². The Labute approximate surface area is 215 Å². The summed E-state index contributed by atoms with van der Waals surface area (Å²) in [6.45, 7) is 4.65. The number of nitrogens with zero attached hydrogens (tertiary/aromatic N) is 4. The van der Waals surface area contributed by atoms with Gasteiger partial charge in [0.05, 0.1) is 12.1 Å². The lowest BCUT2D eigenvalue weighted by molar-refractivity contribution is 0.103. The smallest absolute Gasteiger partial charge is 0.260 e. The topological polar surface area (TPSA) is 70.5 Å². The van der Waals surface area contributed by atoms with Crippen molar-refractivity contribution in [3.8, 4) is 0 Å². The van der Waals surface area contributed by atoms with Crippen molar-refractivity contribution < 1.29 is 4.79 Å². The number of hydrogen-bond donors (Lipinski definition) is 1. The van der Waals surface area contributed by atoms with E-state index < -0.39 is 0 Å². The van der Waals surface area contributed by atoms with Crippen molar-refractivity contribution in [1.82, 2.24) is 19.5 Å². The van der Waals surface area contributed by atoms with Crippen LogP contribution in [0.2, 0.25) is 5.02 Å². The molecule has 4 rings (SSSR count). The number of anilines is 1. The van der Waals surface area contributed by atoms with Crippen LogP contribution in [0.15, 0.2) is 58.5 Å². The molecule has 0 spiro atoms. The molecule has 0 fully saturated rings. The Hall–Kier alpha value is -2.65. The fraction of sp³-hybridized carbons (Fsp3) is 0.346.